The Morgan fingerprint density at radius 1 is 1.12 bits per heavy atom. The van der Waals surface area contributed by atoms with Crippen molar-refractivity contribution in [1.29, 1.82) is 0 Å². The fraction of sp³-hybridized carbons (Fsp3) is 0.0556. The van der Waals surface area contributed by atoms with Crippen molar-refractivity contribution in [2.45, 2.75) is 10.9 Å². The van der Waals surface area contributed by atoms with Crippen molar-refractivity contribution >= 4 is 38.7 Å². The van der Waals surface area contributed by atoms with E-state index in [1.165, 1.54) is 11.8 Å². The van der Waals surface area contributed by atoms with E-state index in [1.54, 1.807) is 10.9 Å². The summed E-state index contributed by atoms with van der Waals surface area (Å²) in [5, 5.41) is 5.38. The van der Waals surface area contributed by atoms with Gasteiger partial charge in [-0.25, -0.2) is 9.67 Å². The van der Waals surface area contributed by atoms with Crippen LogP contribution in [0.2, 0.25) is 0 Å². The summed E-state index contributed by atoms with van der Waals surface area (Å²) in [6.45, 7) is 0. The zero-order valence-corrected chi connectivity index (χ0v) is 15.4. The number of hydrogen-bond acceptors (Lipinski definition) is 4. The van der Waals surface area contributed by atoms with Crippen LogP contribution in [-0.2, 0) is 5.75 Å². The second-order valence-electron chi connectivity index (χ2n) is 5.42. The lowest BCUT2D eigenvalue weighted by Gasteiger charge is -2.05. The lowest BCUT2D eigenvalue weighted by molar-refractivity contribution is 0.873. The van der Waals surface area contributed by atoms with Gasteiger partial charge in [-0.2, -0.15) is 5.10 Å². The number of nitrogens with zero attached hydrogens (tertiary/aromatic N) is 3. The lowest BCUT2D eigenvalue weighted by atomic mass is 10.2. The molecule has 2 aromatic carbocycles. The van der Waals surface area contributed by atoms with E-state index in [-0.39, 0.29) is 5.56 Å². The minimum absolute atomic E-state index is 0.177. The van der Waals surface area contributed by atoms with Gasteiger partial charge in [0, 0.05) is 10.2 Å². The molecule has 2 aromatic heterocycles. The first kappa shape index (κ1) is 16.1. The van der Waals surface area contributed by atoms with Crippen LogP contribution < -0.4 is 5.56 Å². The third kappa shape index (κ3) is 3.38. The minimum Gasteiger partial charge on any atom is -0.301 e. The van der Waals surface area contributed by atoms with E-state index in [4.69, 9.17) is 0 Å². The van der Waals surface area contributed by atoms with Crippen LogP contribution >= 0.6 is 27.7 Å². The van der Waals surface area contributed by atoms with Gasteiger partial charge in [0.25, 0.3) is 5.56 Å². The molecule has 4 aromatic rings. The maximum atomic E-state index is 12.3. The van der Waals surface area contributed by atoms with Gasteiger partial charge in [0.05, 0.1) is 11.9 Å². The van der Waals surface area contributed by atoms with Gasteiger partial charge >= 0.3 is 0 Å². The summed E-state index contributed by atoms with van der Waals surface area (Å²) in [6.07, 6.45) is 1.55. The molecule has 0 aliphatic rings. The Labute approximate surface area is 156 Å². The number of hydrogen-bond donors (Lipinski definition) is 1. The SMILES string of the molecule is O=c1[nH]c(SCc2cccc(Br)c2)nc2c1cnn2-c1ccccc1. The summed E-state index contributed by atoms with van der Waals surface area (Å²) in [7, 11) is 0. The molecule has 124 valence electrons. The molecule has 0 aliphatic carbocycles. The molecule has 0 saturated carbocycles. The van der Waals surface area contributed by atoms with E-state index in [1.807, 2.05) is 48.5 Å². The normalized spacial score (nSPS) is 11.1. The molecule has 0 radical (unpaired) electrons. The van der Waals surface area contributed by atoms with Crippen LogP contribution in [0.1, 0.15) is 5.56 Å². The summed E-state index contributed by atoms with van der Waals surface area (Å²) in [5.41, 5.74) is 2.41. The van der Waals surface area contributed by atoms with E-state index in [9.17, 15) is 4.79 Å². The zero-order valence-electron chi connectivity index (χ0n) is 13.0. The Morgan fingerprint density at radius 2 is 1.96 bits per heavy atom. The smallest absolute Gasteiger partial charge is 0.262 e. The maximum absolute atomic E-state index is 12.3. The largest absolute Gasteiger partial charge is 0.301 e. The summed E-state index contributed by atoms with van der Waals surface area (Å²) in [4.78, 5) is 19.8. The highest BCUT2D eigenvalue weighted by molar-refractivity contribution is 9.10. The third-order valence-corrected chi connectivity index (χ3v) is 5.12. The summed E-state index contributed by atoms with van der Waals surface area (Å²) in [5.74, 6) is 0.716. The van der Waals surface area contributed by atoms with Crippen molar-refractivity contribution in [2.75, 3.05) is 0 Å². The molecule has 7 heteroatoms. The Morgan fingerprint density at radius 3 is 2.76 bits per heavy atom. The van der Waals surface area contributed by atoms with Crippen LogP contribution in [0.5, 0.6) is 0 Å². The molecule has 0 unspecified atom stereocenters. The van der Waals surface area contributed by atoms with E-state index in [0.717, 1.165) is 15.7 Å². The number of halogens is 1. The average Bonchev–Trinajstić information content (AvgIpc) is 3.05. The number of para-hydroxylation sites is 1. The van der Waals surface area contributed by atoms with Crippen LogP contribution in [0, 0.1) is 0 Å². The van der Waals surface area contributed by atoms with Gasteiger partial charge in [0.2, 0.25) is 0 Å². The fourth-order valence-corrected chi connectivity index (χ4v) is 3.75. The van der Waals surface area contributed by atoms with Gasteiger partial charge in [-0.1, -0.05) is 58.0 Å². The molecule has 2 heterocycles. The van der Waals surface area contributed by atoms with Crippen LogP contribution in [0.4, 0.5) is 0 Å². The third-order valence-electron chi connectivity index (χ3n) is 3.68. The van der Waals surface area contributed by atoms with Gasteiger partial charge < -0.3 is 4.98 Å². The monoisotopic (exact) mass is 412 g/mol. The van der Waals surface area contributed by atoms with Crippen molar-refractivity contribution in [3.05, 3.63) is 81.2 Å². The number of fused-ring (bicyclic) bond motifs is 1. The molecular weight excluding hydrogens is 400 g/mol. The molecule has 0 atom stereocenters. The van der Waals surface area contributed by atoms with Crippen molar-refractivity contribution in [1.82, 2.24) is 19.7 Å². The van der Waals surface area contributed by atoms with E-state index >= 15 is 0 Å². The number of aromatic nitrogens is 4. The van der Waals surface area contributed by atoms with Crippen molar-refractivity contribution in [3.63, 3.8) is 0 Å². The molecule has 0 fully saturated rings. The molecule has 0 saturated heterocycles. The Bertz CT molecular complexity index is 1090. The number of nitrogens with one attached hydrogen (secondary N) is 1. The lowest BCUT2D eigenvalue weighted by Crippen LogP contribution is -2.09. The Balaban J connectivity index is 1.70. The second kappa shape index (κ2) is 6.85. The average molecular weight is 413 g/mol. The highest BCUT2D eigenvalue weighted by atomic mass is 79.9. The first-order chi connectivity index (χ1) is 12.2. The quantitative estimate of drug-likeness (QED) is 0.403. The molecule has 0 bridgehead atoms. The number of H-pyrrole nitrogens is 1. The van der Waals surface area contributed by atoms with Crippen molar-refractivity contribution < 1.29 is 0 Å². The first-order valence-electron chi connectivity index (χ1n) is 7.61. The highest BCUT2D eigenvalue weighted by Gasteiger charge is 2.11. The summed E-state index contributed by atoms with van der Waals surface area (Å²) >= 11 is 4.96. The van der Waals surface area contributed by atoms with Crippen LogP contribution in [0.15, 0.2) is 75.2 Å². The predicted octanol–water partition coefficient (Wildman–Crippen LogP) is 4.16. The summed E-state index contributed by atoms with van der Waals surface area (Å²) in [6, 6.07) is 17.7. The van der Waals surface area contributed by atoms with E-state index in [2.05, 4.69) is 37.1 Å². The highest BCUT2D eigenvalue weighted by Crippen LogP contribution is 2.22. The van der Waals surface area contributed by atoms with Gasteiger partial charge in [-0.15, -0.1) is 0 Å². The maximum Gasteiger partial charge on any atom is 0.262 e. The Hall–Kier alpha value is -2.38. The second-order valence-corrected chi connectivity index (χ2v) is 7.30. The first-order valence-corrected chi connectivity index (χ1v) is 9.39. The predicted molar refractivity (Wildman–Crippen MR) is 103 cm³/mol. The van der Waals surface area contributed by atoms with Crippen molar-refractivity contribution in [2.24, 2.45) is 0 Å². The van der Waals surface area contributed by atoms with Gasteiger partial charge in [-0.3, -0.25) is 4.79 Å². The molecule has 1 N–H and O–H groups in total. The summed E-state index contributed by atoms with van der Waals surface area (Å²) < 4.78 is 2.72. The van der Waals surface area contributed by atoms with Gasteiger partial charge in [0.1, 0.15) is 5.39 Å². The fourth-order valence-electron chi connectivity index (χ4n) is 2.50. The molecule has 5 nitrogen and oxygen atoms in total. The number of rotatable bonds is 4. The molecule has 0 aliphatic heterocycles. The number of benzene rings is 2. The molecule has 25 heavy (non-hydrogen) atoms. The molecule has 4 rings (SSSR count). The number of aromatic amines is 1. The Kier molecular flexibility index (Phi) is 4.42. The zero-order chi connectivity index (χ0) is 17.2. The van der Waals surface area contributed by atoms with Crippen LogP contribution in [0.3, 0.4) is 0 Å². The van der Waals surface area contributed by atoms with E-state index < -0.39 is 0 Å². The van der Waals surface area contributed by atoms with E-state index in [0.29, 0.717) is 21.9 Å². The van der Waals surface area contributed by atoms with Crippen LogP contribution in [-0.4, -0.2) is 19.7 Å². The molecule has 0 amide bonds. The topological polar surface area (TPSA) is 63.6 Å². The van der Waals surface area contributed by atoms with Gasteiger partial charge in [-0.05, 0) is 29.8 Å². The number of thioether (sulfide) groups is 1. The standard InChI is InChI=1S/C18H13BrN4OS/c19-13-6-4-5-12(9-13)11-25-18-21-16-15(17(24)22-18)10-20-23(16)14-7-2-1-3-8-14/h1-10H,11H2,(H,21,22,24). The molecule has 0 spiro atoms. The minimum atomic E-state index is -0.177. The molecular formula is C18H13BrN4OS. The van der Waals surface area contributed by atoms with Gasteiger partial charge in [0.15, 0.2) is 10.8 Å². The van der Waals surface area contributed by atoms with Crippen molar-refractivity contribution in [3.8, 4) is 5.69 Å². The van der Waals surface area contributed by atoms with Crippen LogP contribution in [0.25, 0.3) is 16.7 Å².